The van der Waals surface area contributed by atoms with E-state index < -0.39 is 0 Å². The zero-order valence-electron chi connectivity index (χ0n) is 24.9. The van der Waals surface area contributed by atoms with Crippen LogP contribution in [0.3, 0.4) is 0 Å². The highest BCUT2D eigenvalue weighted by atomic mass is 15.5. The zero-order valence-corrected chi connectivity index (χ0v) is 24.9. The van der Waals surface area contributed by atoms with Crippen LogP contribution in [0, 0.1) is 0 Å². The molecule has 9 rings (SSSR count). The van der Waals surface area contributed by atoms with Crippen LogP contribution in [0.25, 0.3) is 49.3 Å². The highest BCUT2D eigenvalue weighted by Gasteiger charge is 2.22. The summed E-state index contributed by atoms with van der Waals surface area (Å²) in [5.41, 5.74) is 11.6. The molecule has 0 saturated carbocycles. The Morgan fingerprint density at radius 2 is 1.13 bits per heavy atom. The summed E-state index contributed by atoms with van der Waals surface area (Å²) in [6.07, 6.45) is 1.96. The molecule has 0 amide bonds. The fourth-order valence-corrected chi connectivity index (χ4v) is 6.66. The number of nitrogens with zero attached hydrogens (tertiary/aromatic N) is 3. The van der Waals surface area contributed by atoms with Crippen molar-refractivity contribution in [2.75, 3.05) is 10.7 Å². The Morgan fingerprint density at radius 3 is 1.89 bits per heavy atom. The lowest BCUT2D eigenvalue weighted by atomic mass is 10.1. The predicted octanol–water partition coefficient (Wildman–Crippen LogP) is 9.09. The first kappa shape index (κ1) is 26.2. The van der Waals surface area contributed by atoms with Crippen LogP contribution in [0.2, 0.25) is 0 Å². The predicted molar refractivity (Wildman–Crippen MR) is 191 cm³/mol. The van der Waals surface area contributed by atoms with E-state index in [4.69, 9.17) is 4.99 Å². The van der Waals surface area contributed by atoms with Crippen LogP contribution in [-0.2, 0) is 0 Å². The number of anilines is 1. The number of hydrogen-bond acceptors (Lipinski definition) is 4. The van der Waals surface area contributed by atoms with Gasteiger partial charge >= 0.3 is 0 Å². The molecular weight excluding hydrogens is 564 g/mol. The van der Waals surface area contributed by atoms with Gasteiger partial charge in [0.05, 0.1) is 28.1 Å². The van der Waals surface area contributed by atoms with E-state index in [0.717, 1.165) is 33.8 Å². The van der Waals surface area contributed by atoms with Gasteiger partial charge in [-0.25, -0.2) is 4.99 Å². The normalized spacial score (nSPS) is 14.7. The monoisotopic (exact) mass is 594 g/mol. The SMILES string of the molecule is C1=NC(Nc2ccccc2)=C(Nn2c3ccccc3c3cc4c(cc32)c2ccccc2n4-c2ccccc2)NC1c1ccccc1. The Morgan fingerprint density at radius 1 is 0.543 bits per heavy atom. The average Bonchev–Trinajstić information content (AvgIpc) is 3.61. The van der Waals surface area contributed by atoms with Gasteiger partial charge in [0.25, 0.3) is 0 Å². The van der Waals surface area contributed by atoms with Crippen molar-refractivity contribution in [3.8, 4) is 5.69 Å². The number of nitrogens with one attached hydrogen (secondary N) is 3. The smallest absolute Gasteiger partial charge is 0.172 e. The van der Waals surface area contributed by atoms with Crippen LogP contribution in [-0.4, -0.2) is 15.5 Å². The van der Waals surface area contributed by atoms with Crippen LogP contribution in [0.1, 0.15) is 11.6 Å². The molecule has 0 bridgehead atoms. The third kappa shape index (κ3) is 4.31. The average molecular weight is 595 g/mol. The van der Waals surface area contributed by atoms with Gasteiger partial charge in [-0.1, -0.05) is 103 Å². The van der Waals surface area contributed by atoms with Crippen LogP contribution < -0.4 is 16.1 Å². The third-order valence-corrected chi connectivity index (χ3v) is 8.79. The lowest BCUT2D eigenvalue weighted by molar-refractivity contribution is 0.710. The Hall–Kier alpha value is -6.27. The molecule has 1 atom stereocenters. The van der Waals surface area contributed by atoms with Crippen molar-refractivity contribution >= 4 is 55.5 Å². The highest BCUT2D eigenvalue weighted by Crippen LogP contribution is 2.38. The van der Waals surface area contributed by atoms with E-state index in [0.29, 0.717) is 5.82 Å². The molecule has 0 fully saturated rings. The molecule has 6 heteroatoms. The van der Waals surface area contributed by atoms with Crippen molar-refractivity contribution in [1.82, 2.24) is 14.6 Å². The molecule has 8 aromatic rings. The Balaban J connectivity index is 1.26. The van der Waals surface area contributed by atoms with Crippen LogP contribution >= 0.6 is 0 Å². The minimum absolute atomic E-state index is 0.0892. The fourth-order valence-electron chi connectivity index (χ4n) is 6.66. The van der Waals surface area contributed by atoms with Crippen molar-refractivity contribution < 1.29 is 0 Å². The molecular formula is C40H30N6. The molecule has 1 aliphatic rings. The number of para-hydroxylation sites is 4. The molecule has 3 heterocycles. The van der Waals surface area contributed by atoms with Gasteiger partial charge in [0.1, 0.15) is 0 Å². The maximum atomic E-state index is 4.93. The molecule has 0 spiro atoms. The first-order chi connectivity index (χ1) is 22.8. The van der Waals surface area contributed by atoms with Gasteiger partial charge in [-0.15, -0.1) is 0 Å². The van der Waals surface area contributed by atoms with E-state index >= 15 is 0 Å². The molecule has 1 aliphatic heterocycles. The van der Waals surface area contributed by atoms with E-state index in [2.05, 4.69) is 141 Å². The second-order valence-electron chi connectivity index (χ2n) is 11.6. The summed E-state index contributed by atoms with van der Waals surface area (Å²) in [4.78, 5) is 4.93. The number of hydrogen-bond donors (Lipinski definition) is 3. The van der Waals surface area contributed by atoms with Crippen LogP contribution in [0.5, 0.6) is 0 Å². The Kier molecular flexibility index (Phi) is 6.09. The molecule has 220 valence electrons. The number of fused-ring (bicyclic) bond motifs is 6. The van der Waals surface area contributed by atoms with Gasteiger partial charge in [0.2, 0.25) is 0 Å². The fraction of sp³-hybridized carbons (Fsp3) is 0.0250. The summed E-state index contributed by atoms with van der Waals surface area (Å²) >= 11 is 0. The number of aliphatic imine (C=N–C) groups is 1. The quantitative estimate of drug-likeness (QED) is 0.180. The Bertz CT molecular complexity index is 2440. The zero-order chi connectivity index (χ0) is 30.5. The third-order valence-electron chi connectivity index (χ3n) is 8.79. The standard InChI is InChI=1S/C40H30N6/c1-4-14-27(15-5-1)34-26-41-39(42-28-16-6-2-7-17-28)40(43-34)44-46-36-23-13-11-21-31(36)33-24-37-32(25-38(33)46)30-20-10-12-22-35(30)45(37)29-18-8-3-9-19-29/h1-26,34,42-44H. The summed E-state index contributed by atoms with van der Waals surface area (Å²) in [6.45, 7) is 0. The number of aromatic nitrogens is 2. The first-order valence-corrected chi connectivity index (χ1v) is 15.5. The topological polar surface area (TPSA) is 58.3 Å². The van der Waals surface area contributed by atoms with E-state index in [9.17, 15) is 0 Å². The van der Waals surface area contributed by atoms with Gasteiger partial charge in [0.15, 0.2) is 11.6 Å². The summed E-state index contributed by atoms with van der Waals surface area (Å²) in [5.74, 6) is 1.50. The van der Waals surface area contributed by atoms with Gasteiger partial charge < -0.3 is 15.2 Å². The number of benzene rings is 6. The minimum Gasteiger partial charge on any atom is -0.356 e. The maximum Gasteiger partial charge on any atom is 0.172 e. The van der Waals surface area contributed by atoms with Crippen molar-refractivity contribution in [2.24, 2.45) is 4.99 Å². The van der Waals surface area contributed by atoms with E-state index in [1.807, 2.05) is 42.6 Å². The molecule has 2 aromatic heterocycles. The summed E-state index contributed by atoms with van der Waals surface area (Å²) < 4.78 is 4.56. The largest absolute Gasteiger partial charge is 0.356 e. The maximum absolute atomic E-state index is 4.93. The lowest BCUT2D eigenvalue weighted by Gasteiger charge is -2.27. The molecule has 6 nitrogen and oxygen atoms in total. The molecule has 1 unspecified atom stereocenters. The molecule has 3 N–H and O–H groups in total. The molecule has 0 aliphatic carbocycles. The first-order valence-electron chi connectivity index (χ1n) is 15.5. The van der Waals surface area contributed by atoms with Gasteiger partial charge in [-0.2, -0.15) is 0 Å². The van der Waals surface area contributed by atoms with E-state index in [1.54, 1.807) is 0 Å². The summed E-state index contributed by atoms with van der Waals surface area (Å²) in [6, 6.07) is 53.0. The second kappa shape index (κ2) is 10.7. The highest BCUT2D eigenvalue weighted by molar-refractivity contribution is 6.18. The minimum atomic E-state index is -0.0892. The van der Waals surface area contributed by atoms with Crippen LogP contribution in [0.15, 0.2) is 168 Å². The van der Waals surface area contributed by atoms with Crippen LogP contribution in [0.4, 0.5) is 5.69 Å². The molecule has 46 heavy (non-hydrogen) atoms. The number of rotatable bonds is 6. The second-order valence-corrected chi connectivity index (χ2v) is 11.6. The molecule has 0 radical (unpaired) electrons. The summed E-state index contributed by atoms with van der Waals surface area (Å²) in [5, 5.41) is 12.0. The van der Waals surface area contributed by atoms with Crippen molar-refractivity contribution in [2.45, 2.75) is 6.04 Å². The Labute approximate surface area is 265 Å². The van der Waals surface area contributed by atoms with Gasteiger partial charge in [-0.3, -0.25) is 10.1 Å². The molecule has 6 aromatic carbocycles. The van der Waals surface area contributed by atoms with Crippen molar-refractivity contribution in [1.29, 1.82) is 0 Å². The summed E-state index contributed by atoms with van der Waals surface area (Å²) in [7, 11) is 0. The van der Waals surface area contributed by atoms with Gasteiger partial charge in [-0.05, 0) is 54.1 Å². The van der Waals surface area contributed by atoms with E-state index in [-0.39, 0.29) is 6.04 Å². The lowest BCUT2D eigenvalue weighted by Crippen LogP contribution is -2.35. The van der Waals surface area contributed by atoms with Gasteiger partial charge in [0, 0.05) is 39.1 Å². The van der Waals surface area contributed by atoms with E-state index in [1.165, 1.54) is 32.6 Å². The van der Waals surface area contributed by atoms with Crippen molar-refractivity contribution in [3.05, 3.63) is 169 Å². The molecule has 0 saturated heterocycles. The van der Waals surface area contributed by atoms with Crippen molar-refractivity contribution in [3.63, 3.8) is 0 Å².